The maximum Gasteiger partial charge on any atom is 0.253 e. The standard InChI is InChI=1S/C24H32N4O4/c1-32-15-9-21(29)26-11-5-10-25-22(30)19-16-17-6-4-12-28(17)24(19)18-7-2-3-8-20(18)27(14-13-26)23(24)31/h2-3,7-8,17,19H,4-6,9-16H2,1H3,(H,25,30)/t17-,19+,24+/m0/s1. The van der Waals surface area contributed by atoms with E-state index in [4.69, 9.17) is 4.74 Å². The molecule has 8 nitrogen and oxygen atoms in total. The van der Waals surface area contributed by atoms with E-state index in [1.54, 1.807) is 12.0 Å². The van der Waals surface area contributed by atoms with Crippen LogP contribution in [0.4, 0.5) is 5.69 Å². The second-order valence-corrected chi connectivity index (χ2v) is 9.29. The van der Waals surface area contributed by atoms with E-state index in [0.717, 1.165) is 37.1 Å². The number of rotatable bonds is 3. The van der Waals surface area contributed by atoms with Gasteiger partial charge in [0.1, 0.15) is 5.54 Å². The molecule has 0 saturated carbocycles. The molecule has 2 bridgehead atoms. The van der Waals surface area contributed by atoms with Crippen molar-refractivity contribution in [3.05, 3.63) is 29.8 Å². The maximum atomic E-state index is 14.2. The number of nitrogens with one attached hydrogen (secondary N) is 1. The summed E-state index contributed by atoms with van der Waals surface area (Å²) in [4.78, 5) is 46.3. The highest BCUT2D eigenvalue weighted by atomic mass is 16.5. The Bertz CT molecular complexity index is 921. The second kappa shape index (κ2) is 8.48. The third-order valence-electron chi connectivity index (χ3n) is 7.71. The van der Waals surface area contributed by atoms with Crippen molar-refractivity contribution >= 4 is 23.4 Å². The number of amides is 3. The van der Waals surface area contributed by atoms with E-state index in [2.05, 4.69) is 10.2 Å². The van der Waals surface area contributed by atoms with Gasteiger partial charge in [-0.1, -0.05) is 18.2 Å². The average molecular weight is 441 g/mol. The van der Waals surface area contributed by atoms with Gasteiger partial charge in [-0.15, -0.1) is 0 Å². The molecule has 4 aliphatic rings. The zero-order valence-corrected chi connectivity index (χ0v) is 18.7. The van der Waals surface area contributed by atoms with Gasteiger partial charge in [0, 0.05) is 50.6 Å². The second-order valence-electron chi connectivity index (χ2n) is 9.29. The molecule has 1 aromatic rings. The van der Waals surface area contributed by atoms with Crippen molar-refractivity contribution in [3.63, 3.8) is 0 Å². The summed E-state index contributed by atoms with van der Waals surface area (Å²) < 4.78 is 5.08. The Kier molecular flexibility index (Phi) is 5.67. The van der Waals surface area contributed by atoms with Crippen molar-refractivity contribution in [2.75, 3.05) is 51.3 Å². The lowest BCUT2D eigenvalue weighted by molar-refractivity contribution is -0.139. The largest absolute Gasteiger partial charge is 0.384 e. The van der Waals surface area contributed by atoms with E-state index < -0.39 is 5.54 Å². The molecule has 3 atom stereocenters. The molecule has 0 unspecified atom stereocenters. The summed E-state index contributed by atoms with van der Waals surface area (Å²) in [5.74, 6) is -0.413. The summed E-state index contributed by atoms with van der Waals surface area (Å²) in [6.45, 7) is 3.17. The lowest BCUT2D eigenvalue weighted by Crippen LogP contribution is -2.57. The van der Waals surface area contributed by atoms with E-state index in [9.17, 15) is 14.4 Å². The number of benzene rings is 1. The number of fused-ring (bicyclic) bond motifs is 4. The minimum atomic E-state index is -0.925. The highest BCUT2D eigenvalue weighted by molar-refractivity contribution is 6.11. The number of ether oxygens (including phenoxy) is 1. The van der Waals surface area contributed by atoms with Gasteiger partial charge in [-0.25, -0.2) is 0 Å². The van der Waals surface area contributed by atoms with Gasteiger partial charge < -0.3 is 19.9 Å². The van der Waals surface area contributed by atoms with Crippen LogP contribution in [0.2, 0.25) is 0 Å². The van der Waals surface area contributed by atoms with Crippen LogP contribution >= 0.6 is 0 Å². The van der Waals surface area contributed by atoms with Gasteiger partial charge in [0.25, 0.3) is 5.91 Å². The molecular formula is C24H32N4O4. The van der Waals surface area contributed by atoms with Crippen LogP contribution in [0.5, 0.6) is 0 Å². The molecule has 172 valence electrons. The third-order valence-corrected chi connectivity index (χ3v) is 7.71. The Morgan fingerprint density at radius 3 is 2.84 bits per heavy atom. The van der Waals surface area contributed by atoms with Crippen LogP contribution in [-0.2, 0) is 24.7 Å². The first-order valence-corrected chi connectivity index (χ1v) is 11.8. The van der Waals surface area contributed by atoms with Crippen molar-refractivity contribution < 1.29 is 19.1 Å². The Morgan fingerprint density at radius 2 is 2.00 bits per heavy atom. The van der Waals surface area contributed by atoms with Gasteiger partial charge >= 0.3 is 0 Å². The number of carbonyl (C=O) groups is 3. The molecular weight excluding hydrogens is 408 g/mol. The highest BCUT2D eigenvalue weighted by Crippen LogP contribution is 2.56. The molecule has 32 heavy (non-hydrogen) atoms. The average Bonchev–Trinajstić information content (AvgIpc) is 3.45. The molecule has 1 spiro atoms. The normalized spacial score (nSPS) is 30.3. The van der Waals surface area contributed by atoms with Crippen LogP contribution < -0.4 is 10.2 Å². The summed E-state index contributed by atoms with van der Waals surface area (Å²) in [6, 6.07) is 8.18. The van der Waals surface area contributed by atoms with E-state index >= 15 is 0 Å². The van der Waals surface area contributed by atoms with Crippen LogP contribution in [0.15, 0.2) is 24.3 Å². The molecule has 4 aliphatic heterocycles. The quantitative estimate of drug-likeness (QED) is 0.761. The van der Waals surface area contributed by atoms with E-state index in [-0.39, 0.29) is 29.7 Å². The van der Waals surface area contributed by atoms with Gasteiger partial charge in [-0.2, -0.15) is 0 Å². The minimum Gasteiger partial charge on any atom is -0.384 e. The van der Waals surface area contributed by atoms with E-state index in [1.165, 1.54) is 0 Å². The molecule has 3 amide bonds. The first-order chi connectivity index (χ1) is 15.6. The van der Waals surface area contributed by atoms with E-state index in [0.29, 0.717) is 45.6 Å². The van der Waals surface area contributed by atoms with Crippen LogP contribution in [0.25, 0.3) is 0 Å². The summed E-state index contributed by atoms with van der Waals surface area (Å²) in [5, 5.41) is 3.09. The Hall–Kier alpha value is -2.45. The van der Waals surface area contributed by atoms with Crippen LogP contribution in [0.3, 0.4) is 0 Å². The number of hydrogen-bond donors (Lipinski definition) is 1. The molecule has 1 N–H and O–H groups in total. The Balaban J connectivity index is 1.54. The number of para-hydroxylation sites is 1. The molecule has 3 saturated heterocycles. The number of carbonyl (C=O) groups excluding carboxylic acids is 3. The smallest absolute Gasteiger partial charge is 0.253 e. The molecule has 0 aromatic heterocycles. The third kappa shape index (κ3) is 3.15. The molecule has 0 radical (unpaired) electrons. The fourth-order valence-electron chi connectivity index (χ4n) is 6.32. The highest BCUT2D eigenvalue weighted by Gasteiger charge is 2.67. The predicted octanol–water partition coefficient (Wildman–Crippen LogP) is 1.10. The van der Waals surface area contributed by atoms with Crippen molar-refractivity contribution in [3.8, 4) is 0 Å². The molecule has 3 fully saturated rings. The maximum absolute atomic E-state index is 14.2. The van der Waals surface area contributed by atoms with Gasteiger partial charge in [0.05, 0.1) is 18.9 Å². The molecule has 5 rings (SSSR count). The zero-order chi connectivity index (χ0) is 22.3. The topological polar surface area (TPSA) is 82.2 Å². The SMILES string of the molecule is COCCC(=O)N1CCCNC(=O)[C@H]2C[C@@H]3CCCN3[C@@]23C(=O)N(CC1)c1ccccc13. The summed E-state index contributed by atoms with van der Waals surface area (Å²) >= 11 is 0. The van der Waals surface area contributed by atoms with Crippen molar-refractivity contribution in [1.29, 1.82) is 0 Å². The van der Waals surface area contributed by atoms with Gasteiger partial charge in [0.15, 0.2) is 0 Å². The number of anilines is 1. The fraction of sp³-hybridized carbons (Fsp3) is 0.625. The van der Waals surface area contributed by atoms with Crippen molar-refractivity contribution in [1.82, 2.24) is 15.1 Å². The molecule has 0 aliphatic carbocycles. The lowest BCUT2D eigenvalue weighted by Gasteiger charge is -2.38. The fourth-order valence-corrected chi connectivity index (χ4v) is 6.32. The van der Waals surface area contributed by atoms with Crippen molar-refractivity contribution in [2.24, 2.45) is 5.92 Å². The van der Waals surface area contributed by atoms with Gasteiger partial charge in [-0.3, -0.25) is 19.3 Å². The summed E-state index contributed by atoms with van der Waals surface area (Å²) in [5.41, 5.74) is 0.906. The summed E-state index contributed by atoms with van der Waals surface area (Å²) in [6.07, 6.45) is 3.81. The number of nitrogens with zero attached hydrogens (tertiary/aromatic N) is 3. The molecule has 4 heterocycles. The van der Waals surface area contributed by atoms with Crippen LogP contribution in [-0.4, -0.2) is 80.0 Å². The van der Waals surface area contributed by atoms with E-state index in [1.807, 2.05) is 29.2 Å². The van der Waals surface area contributed by atoms with Gasteiger partial charge in [0.2, 0.25) is 11.8 Å². The van der Waals surface area contributed by atoms with Gasteiger partial charge in [-0.05, 0) is 38.3 Å². The first-order valence-electron chi connectivity index (χ1n) is 11.8. The monoisotopic (exact) mass is 440 g/mol. The lowest BCUT2D eigenvalue weighted by atomic mass is 9.78. The predicted molar refractivity (Wildman–Crippen MR) is 119 cm³/mol. The molecule has 1 aromatic carbocycles. The first kappa shape index (κ1) is 21.4. The zero-order valence-electron chi connectivity index (χ0n) is 18.7. The Morgan fingerprint density at radius 1 is 1.16 bits per heavy atom. The minimum absolute atomic E-state index is 0.00638. The number of methoxy groups -OCH3 is 1. The summed E-state index contributed by atoms with van der Waals surface area (Å²) in [7, 11) is 1.59. The number of hydrogen-bond acceptors (Lipinski definition) is 5. The molecule has 8 heteroatoms. The van der Waals surface area contributed by atoms with Crippen molar-refractivity contribution in [2.45, 2.75) is 43.7 Å². The van der Waals surface area contributed by atoms with Crippen LogP contribution in [0, 0.1) is 5.92 Å². The van der Waals surface area contributed by atoms with Crippen LogP contribution in [0.1, 0.15) is 37.7 Å². The Labute approximate surface area is 188 Å².